The van der Waals surface area contributed by atoms with E-state index in [0.29, 0.717) is 55.9 Å². The number of rotatable bonds is 19. The van der Waals surface area contributed by atoms with Crippen molar-refractivity contribution in [1.82, 2.24) is 20.1 Å². The first-order chi connectivity index (χ1) is 18.4. The SMILES string of the molecule is CCO[Si](CCCSc1nc(-c2ccccc2)n(C(=O)NCCC[Si](OC)(OC)OC)n1)(OCC)OCC. The first-order valence-electron chi connectivity index (χ1n) is 12.9. The number of amides is 1. The van der Waals surface area contributed by atoms with Crippen LogP contribution in [0, 0.1) is 0 Å². The maximum absolute atomic E-state index is 13.1. The van der Waals surface area contributed by atoms with Crippen molar-refractivity contribution in [3.63, 3.8) is 0 Å². The minimum absolute atomic E-state index is 0.349. The molecular weight excluding hydrogens is 545 g/mol. The van der Waals surface area contributed by atoms with Gasteiger partial charge >= 0.3 is 23.6 Å². The third kappa shape index (κ3) is 9.53. The van der Waals surface area contributed by atoms with E-state index in [9.17, 15) is 4.79 Å². The minimum Gasteiger partial charge on any atom is -0.377 e. The molecule has 38 heavy (non-hydrogen) atoms. The van der Waals surface area contributed by atoms with Gasteiger partial charge in [-0.25, -0.2) is 9.78 Å². The van der Waals surface area contributed by atoms with Crippen LogP contribution in [0.3, 0.4) is 0 Å². The van der Waals surface area contributed by atoms with Crippen molar-refractivity contribution in [2.45, 2.75) is 50.9 Å². The van der Waals surface area contributed by atoms with Crippen molar-refractivity contribution in [3.05, 3.63) is 30.3 Å². The summed E-state index contributed by atoms with van der Waals surface area (Å²) < 4.78 is 35.5. The highest BCUT2D eigenvalue weighted by Gasteiger charge is 2.39. The maximum atomic E-state index is 13.1. The molecule has 1 N–H and O–H groups in total. The highest BCUT2D eigenvalue weighted by molar-refractivity contribution is 7.99. The van der Waals surface area contributed by atoms with Crippen molar-refractivity contribution >= 4 is 35.4 Å². The van der Waals surface area contributed by atoms with E-state index in [2.05, 4.69) is 15.4 Å². The Bertz CT molecular complexity index is 926. The van der Waals surface area contributed by atoms with Crippen LogP contribution in [-0.2, 0) is 26.6 Å². The van der Waals surface area contributed by atoms with Gasteiger partial charge in [0.05, 0.1) is 0 Å². The van der Waals surface area contributed by atoms with Gasteiger partial charge in [0, 0.05) is 71.1 Å². The van der Waals surface area contributed by atoms with Crippen LogP contribution in [0.5, 0.6) is 0 Å². The largest absolute Gasteiger partial charge is 0.500 e. The molecular formula is C24H42N4O7SSi2. The van der Waals surface area contributed by atoms with E-state index in [0.717, 1.165) is 17.7 Å². The fourth-order valence-electron chi connectivity index (χ4n) is 3.85. The van der Waals surface area contributed by atoms with Crippen LogP contribution in [0.2, 0.25) is 12.1 Å². The number of carbonyl (C=O) groups excluding carboxylic acids is 1. The summed E-state index contributed by atoms with van der Waals surface area (Å²) in [6, 6.07) is 10.5. The molecule has 0 unspecified atom stereocenters. The Morgan fingerprint density at radius 1 is 0.895 bits per heavy atom. The molecule has 1 heterocycles. The molecule has 14 heteroatoms. The molecule has 0 spiro atoms. The van der Waals surface area contributed by atoms with Gasteiger partial charge in [-0.15, -0.1) is 5.10 Å². The summed E-state index contributed by atoms with van der Waals surface area (Å²) in [6.45, 7) is 7.91. The molecule has 0 saturated heterocycles. The van der Waals surface area contributed by atoms with E-state index >= 15 is 0 Å². The van der Waals surface area contributed by atoms with Crippen LogP contribution in [-0.4, -0.2) is 91.9 Å². The second kappa shape index (κ2) is 17.1. The molecule has 0 radical (unpaired) electrons. The maximum Gasteiger partial charge on any atom is 0.500 e. The Kier molecular flexibility index (Phi) is 14.7. The van der Waals surface area contributed by atoms with Gasteiger partial charge in [-0.05, 0) is 33.6 Å². The minimum atomic E-state index is -2.70. The monoisotopic (exact) mass is 586 g/mol. The molecule has 0 bridgehead atoms. The number of hydrogen-bond donors (Lipinski definition) is 1. The Morgan fingerprint density at radius 2 is 1.47 bits per heavy atom. The lowest BCUT2D eigenvalue weighted by Crippen LogP contribution is -2.46. The number of aromatic nitrogens is 3. The van der Waals surface area contributed by atoms with Crippen molar-refractivity contribution in [1.29, 1.82) is 0 Å². The molecule has 0 atom stereocenters. The average molecular weight is 587 g/mol. The Labute approximate surface area is 232 Å². The molecule has 1 amide bonds. The number of nitrogens with one attached hydrogen (secondary N) is 1. The molecule has 11 nitrogen and oxygen atoms in total. The lowest BCUT2D eigenvalue weighted by molar-refractivity contribution is 0.0712. The standard InChI is InChI=1S/C24H42N4O7SSi2/c1-7-33-38(34-8-2,35-9-3)20-14-18-36-23-26-22(21-15-11-10-12-16-21)28(27-23)24(29)25-17-13-19-37(30-4,31-5)32-6/h10-12,15-16H,7-9,13-14,17-20H2,1-6H3,(H,25,29). The Hall–Kier alpha value is -1.63. The van der Waals surface area contributed by atoms with E-state index < -0.39 is 17.6 Å². The van der Waals surface area contributed by atoms with Gasteiger partial charge in [0.1, 0.15) is 0 Å². The molecule has 0 fully saturated rings. The average Bonchev–Trinajstić information content (AvgIpc) is 3.37. The number of thioether (sulfide) groups is 1. The molecule has 1 aromatic heterocycles. The van der Waals surface area contributed by atoms with Gasteiger partial charge < -0.3 is 31.9 Å². The van der Waals surface area contributed by atoms with Crippen LogP contribution in [0.1, 0.15) is 33.6 Å². The summed E-state index contributed by atoms with van der Waals surface area (Å²) >= 11 is 1.49. The number of carbonyl (C=O) groups is 1. The van der Waals surface area contributed by atoms with Gasteiger partial charge in [-0.3, -0.25) is 0 Å². The van der Waals surface area contributed by atoms with Crippen LogP contribution in [0.25, 0.3) is 11.4 Å². The summed E-state index contributed by atoms with van der Waals surface area (Å²) in [6.07, 6.45) is 1.44. The second-order valence-electron chi connectivity index (χ2n) is 8.06. The van der Waals surface area contributed by atoms with E-state index in [4.69, 9.17) is 26.6 Å². The highest BCUT2D eigenvalue weighted by atomic mass is 32.2. The zero-order valence-electron chi connectivity index (χ0n) is 23.4. The number of hydrogen-bond acceptors (Lipinski definition) is 10. The molecule has 0 aliphatic carbocycles. The molecule has 2 rings (SSSR count). The summed E-state index contributed by atoms with van der Waals surface area (Å²) in [5.41, 5.74) is 0.807. The summed E-state index contributed by atoms with van der Waals surface area (Å²) in [5, 5.41) is 7.96. The van der Waals surface area contributed by atoms with Crippen LogP contribution in [0.4, 0.5) is 4.79 Å². The van der Waals surface area contributed by atoms with E-state index in [1.54, 1.807) is 21.3 Å². The van der Waals surface area contributed by atoms with Crippen molar-refractivity contribution in [2.75, 3.05) is 53.4 Å². The molecule has 214 valence electrons. The zero-order valence-corrected chi connectivity index (χ0v) is 26.2. The van der Waals surface area contributed by atoms with Crippen LogP contribution < -0.4 is 5.32 Å². The first-order valence-corrected chi connectivity index (χ1v) is 17.8. The molecule has 2 aromatic rings. The topological polar surface area (TPSA) is 115 Å². The van der Waals surface area contributed by atoms with Crippen LogP contribution >= 0.6 is 11.8 Å². The smallest absolute Gasteiger partial charge is 0.377 e. The Balaban J connectivity index is 2.06. The van der Waals surface area contributed by atoms with E-state index in [1.165, 1.54) is 16.4 Å². The van der Waals surface area contributed by atoms with Gasteiger partial charge in [-0.2, -0.15) is 4.68 Å². The van der Waals surface area contributed by atoms with Gasteiger partial charge in [-0.1, -0.05) is 42.1 Å². The van der Waals surface area contributed by atoms with Crippen molar-refractivity contribution < 1.29 is 31.4 Å². The number of benzene rings is 1. The van der Waals surface area contributed by atoms with Crippen molar-refractivity contribution in [2.24, 2.45) is 0 Å². The fraction of sp³-hybridized carbons (Fsp3) is 0.625. The quantitative estimate of drug-likeness (QED) is 0.145. The highest BCUT2D eigenvalue weighted by Crippen LogP contribution is 2.25. The third-order valence-corrected chi connectivity index (χ3v) is 12.5. The van der Waals surface area contributed by atoms with Gasteiger partial charge in [0.15, 0.2) is 5.82 Å². The predicted octanol–water partition coefficient (Wildman–Crippen LogP) is 4.30. The second-order valence-corrected chi connectivity index (χ2v) is 14.9. The molecule has 0 aliphatic heterocycles. The Morgan fingerprint density at radius 3 is 2.03 bits per heavy atom. The van der Waals surface area contributed by atoms with Gasteiger partial charge in [0.2, 0.25) is 5.16 Å². The first kappa shape index (κ1) is 32.6. The summed E-state index contributed by atoms with van der Waals surface area (Å²) in [4.78, 5) is 17.7. The zero-order chi connectivity index (χ0) is 27.9. The molecule has 1 aromatic carbocycles. The summed E-state index contributed by atoms with van der Waals surface area (Å²) in [7, 11) is -0.664. The van der Waals surface area contributed by atoms with E-state index in [1.807, 2.05) is 51.1 Å². The summed E-state index contributed by atoms with van der Waals surface area (Å²) in [5.74, 6) is 1.22. The third-order valence-electron chi connectivity index (χ3n) is 5.63. The lowest BCUT2D eigenvalue weighted by Gasteiger charge is -2.28. The van der Waals surface area contributed by atoms with Crippen LogP contribution in [0.15, 0.2) is 35.5 Å². The lowest BCUT2D eigenvalue weighted by atomic mass is 10.2. The predicted molar refractivity (Wildman–Crippen MR) is 151 cm³/mol. The van der Waals surface area contributed by atoms with Crippen molar-refractivity contribution in [3.8, 4) is 11.4 Å². The number of nitrogens with zero attached hydrogens (tertiary/aromatic N) is 3. The molecule has 0 aliphatic rings. The fourth-order valence-corrected chi connectivity index (χ4v) is 9.21. The normalized spacial score (nSPS) is 12.2. The van der Waals surface area contributed by atoms with Gasteiger partial charge in [0.25, 0.3) is 0 Å². The van der Waals surface area contributed by atoms with E-state index in [-0.39, 0.29) is 6.03 Å². The molecule has 0 saturated carbocycles.